The molecule has 3 heterocycles. The molecule has 0 aliphatic rings. The zero-order valence-corrected chi connectivity index (χ0v) is 15.0. The lowest BCUT2D eigenvalue weighted by Crippen LogP contribution is -2.07. The van der Waals surface area contributed by atoms with Gasteiger partial charge in [0, 0.05) is 6.07 Å². The molecule has 0 radical (unpaired) electrons. The Morgan fingerprint density at radius 2 is 2.00 bits per heavy atom. The van der Waals surface area contributed by atoms with Crippen molar-refractivity contribution in [3.8, 4) is 16.5 Å². The van der Waals surface area contributed by atoms with Crippen LogP contribution in [0.5, 0.6) is 5.88 Å². The van der Waals surface area contributed by atoms with Gasteiger partial charge in [-0.2, -0.15) is 0 Å². The van der Waals surface area contributed by atoms with Gasteiger partial charge >= 0.3 is 0 Å². The molecule has 0 amide bonds. The number of nitrogens with one attached hydrogen (secondary N) is 1. The number of hydrogen-bond acceptors (Lipinski definition) is 7. The Bertz CT molecular complexity index is 892. The maximum Gasteiger partial charge on any atom is 0.218 e. The zero-order chi connectivity index (χ0) is 17.8. The van der Waals surface area contributed by atoms with Crippen LogP contribution in [-0.2, 0) is 0 Å². The summed E-state index contributed by atoms with van der Waals surface area (Å²) in [5, 5.41) is 3.15. The molecule has 0 atom stereocenters. The molecule has 1 N–H and O–H groups in total. The molecular weight excluding hydrogens is 336 g/mol. The fourth-order valence-corrected chi connectivity index (χ4v) is 3.02. The SMILES string of the molecule is CC(=O)c1ccc(-c2cccc(Nc3cc(OC(C)C)ncn3)n2)s1. The van der Waals surface area contributed by atoms with Gasteiger partial charge < -0.3 is 10.1 Å². The summed E-state index contributed by atoms with van der Waals surface area (Å²) in [6, 6.07) is 11.1. The van der Waals surface area contributed by atoms with Crippen molar-refractivity contribution >= 4 is 28.8 Å². The zero-order valence-electron chi connectivity index (χ0n) is 14.2. The first kappa shape index (κ1) is 17.0. The summed E-state index contributed by atoms with van der Waals surface area (Å²) in [7, 11) is 0. The average molecular weight is 354 g/mol. The van der Waals surface area contributed by atoms with Crippen LogP contribution in [0.15, 0.2) is 42.7 Å². The number of pyridine rings is 1. The van der Waals surface area contributed by atoms with Crippen LogP contribution in [0.1, 0.15) is 30.4 Å². The molecule has 128 valence electrons. The van der Waals surface area contributed by atoms with Crippen molar-refractivity contribution in [2.75, 3.05) is 5.32 Å². The van der Waals surface area contributed by atoms with E-state index < -0.39 is 0 Å². The third-order valence-corrected chi connectivity index (χ3v) is 4.42. The fourth-order valence-electron chi connectivity index (χ4n) is 2.15. The summed E-state index contributed by atoms with van der Waals surface area (Å²) in [5.74, 6) is 1.83. The van der Waals surface area contributed by atoms with Gasteiger partial charge in [-0.25, -0.2) is 15.0 Å². The van der Waals surface area contributed by atoms with E-state index in [0.717, 1.165) is 15.4 Å². The minimum atomic E-state index is 0.0403. The Kier molecular flexibility index (Phi) is 5.04. The minimum Gasteiger partial charge on any atom is -0.475 e. The molecule has 7 heteroatoms. The maximum absolute atomic E-state index is 11.5. The second-order valence-electron chi connectivity index (χ2n) is 5.66. The summed E-state index contributed by atoms with van der Waals surface area (Å²) >= 11 is 1.43. The second-order valence-corrected chi connectivity index (χ2v) is 6.75. The number of carbonyl (C=O) groups excluding carboxylic acids is 1. The van der Waals surface area contributed by atoms with E-state index in [1.54, 1.807) is 13.0 Å². The predicted octanol–water partition coefficient (Wildman–Crippen LogP) is 4.33. The first-order valence-electron chi connectivity index (χ1n) is 7.85. The molecule has 0 aromatic carbocycles. The van der Waals surface area contributed by atoms with Gasteiger partial charge in [-0.15, -0.1) is 11.3 Å². The van der Waals surface area contributed by atoms with Crippen LogP contribution < -0.4 is 10.1 Å². The smallest absolute Gasteiger partial charge is 0.218 e. The Morgan fingerprint density at radius 3 is 2.72 bits per heavy atom. The van der Waals surface area contributed by atoms with E-state index in [1.807, 2.05) is 44.2 Å². The Hall–Kier alpha value is -2.80. The summed E-state index contributed by atoms with van der Waals surface area (Å²) in [5.41, 5.74) is 0.801. The van der Waals surface area contributed by atoms with Gasteiger partial charge in [0.2, 0.25) is 5.88 Å². The summed E-state index contributed by atoms with van der Waals surface area (Å²) in [6.45, 7) is 5.44. The number of rotatable bonds is 6. The van der Waals surface area contributed by atoms with E-state index in [2.05, 4.69) is 20.3 Å². The van der Waals surface area contributed by atoms with Gasteiger partial charge in [0.15, 0.2) is 5.78 Å². The standard InChI is InChI=1S/C18H18N4O2S/c1-11(2)24-18-9-17(19-10-20-18)22-16-6-4-5-13(21-16)15-8-7-14(25-15)12(3)23/h4-11H,1-3H3,(H,19,20,21,22). The quantitative estimate of drug-likeness (QED) is 0.664. The van der Waals surface area contributed by atoms with Crippen LogP contribution in [0.25, 0.3) is 10.6 Å². The van der Waals surface area contributed by atoms with Gasteiger partial charge in [-0.3, -0.25) is 4.79 Å². The number of anilines is 2. The lowest BCUT2D eigenvalue weighted by Gasteiger charge is -2.10. The van der Waals surface area contributed by atoms with Crippen molar-refractivity contribution in [2.45, 2.75) is 26.9 Å². The van der Waals surface area contributed by atoms with E-state index in [-0.39, 0.29) is 11.9 Å². The number of carbonyl (C=O) groups is 1. The van der Waals surface area contributed by atoms with E-state index >= 15 is 0 Å². The molecule has 25 heavy (non-hydrogen) atoms. The molecule has 0 spiro atoms. The van der Waals surface area contributed by atoms with Crippen molar-refractivity contribution < 1.29 is 9.53 Å². The Morgan fingerprint density at radius 1 is 1.16 bits per heavy atom. The van der Waals surface area contributed by atoms with Gasteiger partial charge in [0.25, 0.3) is 0 Å². The van der Waals surface area contributed by atoms with Crippen molar-refractivity contribution in [2.24, 2.45) is 0 Å². The van der Waals surface area contributed by atoms with Crippen molar-refractivity contribution in [3.05, 3.63) is 47.6 Å². The van der Waals surface area contributed by atoms with Crippen LogP contribution >= 0.6 is 11.3 Å². The largest absolute Gasteiger partial charge is 0.475 e. The number of aromatic nitrogens is 3. The van der Waals surface area contributed by atoms with E-state index in [0.29, 0.717) is 17.5 Å². The topological polar surface area (TPSA) is 77.0 Å². The highest BCUT2D eigenvalue weighted by molar-refractivity contribution is 7.17. The van der Waals surface area contributed by atoms with Crippen LogP contribution in [0, 0.1) is 0 Å². The molecule has 0 saturated heterocycles. The molecule has 0 aliphatic heterocycles. The monoisotopic (exact) mass is 354 g/mol. The number of hydrogen-bond donors (Lipinski definition) is 1. The molecule has 3 aromatic heterocycles. The maximum atomic E-state index is 11.5. The van der Waals surface area contributed by atoms with E-state index in [1.165, 1.54) is 17.7 Å². The molecule has 0 bridgehead atoms. The number of thiophene rings is 1. The van der Waals surface area contributed by atoms with Gasteiger partial charge in [-0.1, -0.05) is 6.07 Å². The highest BCUT2D eigenvalue weighted by Crippen LogP contribution is 2.28. The number of nitrogens with zero attached hydrogens (tertiary/aromatic N) is 3. The molecule has 0 saturated carbocycles. The number of Topliss-reactive ketones (excluding diaryl/α,β-unsaturated/α-hetero) is 1. The van der Waals surface area contributed by atoms with Gasteiger partial charge in [0.05, 0.1) is 21.6 Å². The van der Waals surface area contributed by atoms with E-state index in [4.69, 9.17) is 4.74 Å². The van der Waals surface area contributed by atoms with Crippen LogP contribution in [0.3, 0.4) is 0 Å². The molecule has 3 aromatic rings. The third kappa shape index (κ3) is 4.39. The lowest BCUT2D eigenvalue weighted by molar-refractivity contribution is 0.102. The van der Waals surface area contributed by atoms with Crippen LogP contribution in [0.2, 0.25) is 0 Å². The molecule has 0 aliphatic carbocycles. The van der Waals surface area contributed by atoms with Crippen molar-refractivity contribution in [1.29, 1.82) is 0 Å². The van der Waals surface area contributed by atoms with Crippen LogP contribution in [-0.4, -0.2) is 26.8 Å². The summed E-state index contributed by atoms with van der Waals surface area (Å²) in [4.78, 5) is 26.0. The van der Waals surface area contributed by atoms with Gasteiger partial charge in [-0.05, 0) is 45.0 Å². The molecule has 3 rings (SSSR count). The lowest BCUT2D eigenvalue weighted by atomic mass is 10.3. The first-order chi connectivity index (χ1) is 12.0. The molecule has 0 unspecified atom stereocenters. The second kappa shape index (κ2) is 7.40. The molecular formula is C18H18N4O2S. The molecule has 6 nitrogen and oxygen atoms in total. The van der Waals surface area contributed by atoms with Crippen molar-refractivity contribution in [3.63, 3.8) is 0 Å². The first-order valence-corrected chi connectivity index (χ1v) is 8.67. The normalized spacial score (nSPS) is 10.7. The Labute approximate surface area is 149 Å². The van der Waals surface area contributed by atoms with Crippen molar-refractivity contribution in [1.82, 2.24) is 15.0 Å². The highest BCUT2D eigenvalue weighted by Gasteiger charge is 2.09. The van der Waals surface area contributed by atoms with E-state index in [9.17, 15) is 4.79 Å². The molecule has 0 fully saturated rings. The number of ether oxygens (including phenoxy) is 1. The third-order valence-electron chi connectivity index (χ3n) is 3.21. The van der Waals surface area contributed by atoms with Gasteiger partial charge in [0.1, 0.15) is 18.0 Å². The minimum absolute atomic E-state index is 0.0403. The summed E-state index contributed by atoms with van der Waals surface area (Å²) in [6.07, 6.45) is 1.49. The average Bonchev–Trinajstić information content (AvgIpc) is 3.05. The number of ketones is 1. The highest BCUT2D eigenvalue weighted by atomic mass is 32.1. The summed E-state index contributed by atoms with van der Waals surface area (Å²) < 4.78 is 5.57. The Balaban J connectivity index is 1.81. The predicted molar refractivity (Wildman–Crippen MR) is 98.6 cm³/mol. The van der Waals surface area contributed by atoms with Crippen LogP contribution in [0.4, 0.5) is 11.6 Å². The fraction of sp³-hybridized carbons (Fsp3) is 0.222.